The van der Waals surface area contributed by atoms with Crippen LogP contribution in [0.2, 0.25) is 0 Å². The molecule has 2 amide bonds. The molecule has 1 aromatic rings. The third-order valence-electron chi connectivity index (χ3n) is 2.78. The summed E-state index contributed by atoms with van der Waals surface area (Å²) in [7, 11) is 0. The van der Waals surface area contributed by atoms with Gasteiger partial charge < -0.3 is 11.5 Å². The third-order valence-corrected chi connectivity index (χ3v) is 2.78. The topological polar surface area (TPSA) is 86.2 Å². The minimum atomic E-state index is -0.419. The van der Waals surface area contributed by atoms with Crippen LogP contribution in [0, 0.1) is 0 Å². The van der Waals surface area contributed by atoms with Gasteiger partial charge >= 0.3 is 0 Å². The molecule has 2 atom stereocenters. The van der Waals surface area contributed by atoms with E-state index in [1.54, 1.807) is 26.0 Å². The Kier molecular flexibility index (Phi) is 3.66. The second kappa shape index (κ2) is 4.79. The summed E-state index contributed by atoms with van der Waals surface area (Å²) in [6.45, 7) is 3.43. The summed E-state index contributed by atoms with van der Waals surface area (Å²) in [5.74, 6) is -1.66. The molecular formula is C12H16N2O2. The lowest BCUT2D eigenvalue weighted by atomic mass is 9.88. The van der Waals surface area contributed by atoms with E-state index in [1.807, 2.05) is 12.1 Å². The number of primary amides is 2. The van der Waals surface area contributed by atoms with Crippen LogP contribution < -0.4 is 11.5 Å². The number of amides is 2. The number of hydrogen-bond acceptors (Lipinski definition) is 2. The van der Waals surface area contributed by atoms with Crippen LogP contribution in [-0.2, 0) is 9.59 Å². The number of benzene rings is 1. The third kappa shape index (κ3) is 2.39. The van der Waals surface area contributed by atoms with Crippen molar-refractivity contribution < 1.29 is 9.59 Å². The molecule has 0 radical (unpaired) electrons. The maximum absolute atomic E-state index is 11.2. The first-order chi connectivity index (χ1) is 7.45. The lowest BCUT2D eigenvalue weighted by molar-refractivity contribution is -0.120. The molecule has 0 aliphatic carbocycles. The van der Waals surface area contributed by atoms with Crippen LogP contribution in [0.4, 0.5) is 0 Å². The summed E-state index contributed by atoms with van der Waals surface area (Å²) < 4.78 is 0. The molecule has 0 bridgehead atoms. The minimum absolute atomic E-state index is 0.413. The van der Waals surface area contributed by atoms with Gasteiger partial charge in [-0.1, -0.05) is 24.3 Å². The summed E-state index contributed by atoms with van der Waals surface area (Å²) in [5, 5.41) is 0. The monoisotopic (exact) mass is 220 g/mol. The Morgan fingerprint density at radius 3 is 1.50 bits per heavy atom. The number of nitrogens with two attached hydrogens (primary N) is 2. The average Bonchev–Trinajstić information content (AvgIpc) is 2.26. The molecular weight excluding hydrogens is 204 g/mol. The molecule has 0 saturated heterocycles. The van der Waals surface area contributed by atoms with E-state index >= 15 is 0 Å². The molecule has 0 saturated carbocycles. The van der Waals surface area contributed by atoms with E-state index in [0.29, 0.717) is 0 Å². The van der Waals surface area contributed by atoms with Crippen molar-refractivity contribution in [1.29, 1.82) is 0 Å². The molecule has 4 nitrogen and oxygen atoms in total. The predicted molar refractivity (Wildman–Crippen MR) is 61.7 cm³/mol. The van der Waals surface area contributed by atoms with Gasteiger partial charge in [-0.05, 0) is 25.0 Å². The number of rotatable bonds is 4. The van der Waals surface area contributed by atoms with E-state index in [1.165, 1.54) is 0 Å². The molecule has 4 heteroatoms. The number of carbonyl (C=O) groups is 2. The Balaban J connectivity index is 3.19. The van der Waals surface area contributed by atoms with Crippen LogP contribution in [0.25, 0.3) is 0 Å². The van der Waals surface area contributed by atoms with Crippen LogP contribution in [0.1, 0.15) is 36.8 Å². The van der Waals surface area contributed by atoms with Crippen LogP contribution in [-0.4, -0.2) is 11.8 Å². The van der Waals surface area contributed by atoms with Gasteiger partial charge in [0, 0.05) is 0 Å². The van der Waals surface area contributed by atoms with Crippen molar-refractivity contribution in [2.24, 2.45) is 11.5 Å². The molecule has 4 N–H and O–H groups in total. The fourth-order valence-electron chi connectivity index (χ4n) is 1.61. The fraction of sp³-hybridized carbons (Fsp3) is 0.333. The van der Waals surface area contributed by atoms with Gasteiger partial charge in [0.2, 0.25) is 11.8 Å². The maximum atomic E-state index is 11.2. The van der Waals surface area contributed by atoms with Gasteiger partial charge in [0.15, 0.2) is 0 Å². The smallest absolute Gasteiger partial charge is 0.224 e. The SMILES string of the molecule is CC(C(N)=O)c1ccccc1C(C)C(N)=O. The fourth-order valence-corrected chi connectivity index (χ4v) is 1.61. The molecule has 0 aliphatic rings. The van der Waals surface area contributed by atoms with E-state index in [9.17, 15) is 9.59 Å². The van der Waals surface area contributed by atoms with Crippen LogP contribution in [0.5, 0.6) is 0 Å². The summed E-state index contributed by atoms with van der Waals surface area (Å²) in [6.07, 6.45) is 0. The zero-order chi connectivity index (χ0) is 12.3. The first-order valence-electron chi connectivity index (χ1n) is 5.12. The second-order valence-electron chi connectivity index (χ2n) is 3.88. The Morgan fingerprint density at radius 1 is 0.938 bits per heavy atom. The molecule has 0 spiro atoms. The van der Waals surface area contributed by atoms with E-state index in [-0.39, 0.29) is 0 Å². The Labute approximate surface area is 94.6 Å². The van der Waals surface area contributed by atoms with Crippen molar-refractivity contribution in [3.8, 4) is 0 Å². The Hall–Kier alpha value is -1.84. The van der Waals surface area contributed by atoms with Crippen molar-refractivity contribution in [3.05, 3.63) is 35.4 Å². The molecule has 0 aliphatic heterocycles. The van der Waals surface area contributed by atoms with Crippen LogP contribution in [0.15, 0.2) is 24.3 Å². The first kappa shape index (κ1) is 12.2. The maximum Gasteiger partial charge on any atom is 0.224 e. The van der Waals surface area contributed by atoms with Gasteiger partial charge in [-0.15, -0.1) is 0 Å². The van der Waals surface area contributed by atoms with Crippen molar-refractivity contribution in [2.45, 2.75) is 25.7 Å². The van der Waals surface area contributed by atoms with E-state index in [2.05, 4.69) is 0 Å². The number of hydrogen-bond donors (Lipinski definition) is 2. The van der Waals surface area contributed by atoms with Gasteiger partial charge in [0.25, 0.3) is 0 Å². The Morgan fingerprint density at radius 2 is 1.25 bits per heavy atom. The van der Waals surface area contributed by atoms with Crippen molar-refractivity contribution in [2.75, 3.05) is 0 Å². The zero-order valence-electron chi connectivity index (χ0n) is 9.44. The van der Waals surface area contributed by atoms with Crippen LogP contribution in [0.3, 0.4) is 0 Å². The average molecular weight is 220 g/mol. The second-order valence-corrected chi connectivity index (χ2v) is 3.88. The molecule has 1 aromatic carbocycles. The Bertz CT molecular complexity index is 376. The van der Waals surface area contributed by atoms with Crippen molar-refractivity contribution >= 4 is 11.8 Å². The van der Waals surface area contributed by atoms with Crippen LogP contribution >= 0.6 is 0 Å². The molecule has 86 valence electrons. The summed E-state index contributed by atoms with van der Waals surface area (Å²) >= 11 is 0. The molecule has 2 unspecified atom stereocenters. The van der Waals surface area contributed by atoms with Crippen molar-refractivity contribution in [3.63, 3.8) is 0 Å². The standard InChI is InChI=1S/C12H16N2O2/c1-7(11(13)15)9-5-3-4-6-10(9)8(2)12(14)16/h3-8H,1-2H3,(H2,13,15)(H2,14,16). The number of carbonyl (C=O) groups excluding carboxylic acids is 2. The van der Waals surface area contributed by atoms with Gasteiger partial charge in [0.1, 0.15) is 0 Å². The van der Waals surface area contributed by atoms with Gasteiger partial charge in [-0.2, -0.15) is 0 Å². The first-order valence-corrected chi connectivity index (χ1v) is 5.12. The molecule has 0 fully saturated rings. The summed E-state index contributed by atoms with van der Waals surface area (Å²) in [6, 6.07) is 7.21. The van der Waals surface area contributed by atoms with Gasteiger partial charge in [-0.25, -0.2) is 0 Å². The molecule has 0 heterocycles. The normalized spacial score (nSPS) is 14.1. The molecule has 16 heavy (non-hydrogen) atoms. The van der Waals surface area contributed by atoms with Gasteiger partial charge in [0.05, 0.1) is 11.8 Å². The van der Waals surface area contributed by atoms with Crippen molar-refractivity contribution in [1.82, 2.24) is 0 Å². The lowest BCUT2D eigenvalue weighted by Gasteiger charge is -2.16. The summed E-state index contributed by atoms with van der Waals surface area (Å²) in [5.41, 5.74) is 12.0. The molecule has 0 aromatic heterocycles. The lowest BCUT2D eigenvalue weighted by Crippen LogP contribution is -2.24. The van der Waals surface area contributed by atoms with E-state index in [0.717, 1.165) is 11.1 Å². The quantitative estimate of drug-likeness (QED) is 0.788. The highest BCUT2D eigenvalue weighted by atomic mass is 16.1. The highest BCUT2D eigenvalue weighted by molar-refractivity contribution is 5.85. The highest BCUT2D eigenvalue weighted by Crippen LogP contribution is 2.25. The van der Waals surface area contributed by atoms with E-state index < -0.39 is 23.7 Å². The zero-order valence-corrected chi connectivity index (χ0v) is 9.44. The predicted octanol–water partition coefficient (Wildman–Crippen LogP) is 0.864. The van der Waals surface area contributed by atoms with Gasteiger partial charge in [-0.3, -0.25) is 9.59 Å². The molecule has 1 rings (SSSR count). The summed E-state index contributed by atoms with van der Waals surface area (Å²) in [4.78, 5) is 22.3. The minimum Gasteiger partial charge on any atom is -0.369 e. The highest BCUT2D eigenvalue weighted by Gasteiger charge is 2.20. The largest absolute Gasteiger partial charge is 0.369 e. The van der Waals surface area contributed by atoms with E-state index in [4.69, 9.17) is 11.5 Å².